The van der Waals surface area contributed by atoms with Gasteiger partial charge in [0, 0.05) is 38.9 Å². The Morgan fingerprint density at radius 2 is 2.11 bits per heavy atom. The van der Waals surface area contributed by atoms with Crippen LogP contribution in [0.2, 0.25) is 0 Å². The largest absolute Gasteiger partial charge is 0.493 e. The zero-order valence-electron chi connectivity index (χ0n) is 11.1. The van der Waals surface area contributed by atoms with Gasteiger partial charge in [0.05, 0.1) is 19.8 Å². The molecule has 1 N–H and O–H groups in total. The van der Waals surface area contributed by atoms with Crippen molar-refractivity contribution in [3.05, 3.63) is 18.3 Å². The maximum atomic E-state index is 5.61. The van der Waals surface area contributed by atoms with Crippen molar-refractivity contribution in [2.24, 2.45) is 0 Å². The van der Waals surface area contributed by atoms with E-state index in [9.17, 15) is 0 Å². The molecule has 0 aliphatic heterocycles. The van der Waals surface area contributed by atoms with E-state index in [0.717, 1.165) is 24.5 Å². The number of rotatable bonds is 10. The van der Waals surface area contributed by atoms with Crippen LogP contribution < -0.4 is 10.1 Å². The molecule has 1 heterocycles. The number of pyridine rings is 1. The smallest absolute Gasteiger partial charge is 0.129 e. The first-order chi connectivity index (χ1) is 8.86. The fourth-order valence-corrected chi connectivity index (χ4v) is 1.37. The molecule has 0 aliphatic carbocycles. The minimum Gasteiger partial charge on any atom is -0.493 e. The van der Waals surface area contributed by atoms with Crippen molar-refractivity contribution in [2.45, 2.75) is 13.3 Å². The molecule has 0 aliphatic rings. The zero-order chi connectivity index (χ0) is 13.1. The van der Waals surface area contributed by atoms with Crippen molar-refractivity contribution in [3.63, 3.8) is 0 Å². The van der Waals surface area contributed by atoms with Crippen molar-refractivity contribution in [2.75, 3.05) is 45.4 Å². The normalized spacial score (nSPS) is 10.3. The first-order valence-corrected chi connectivity index (χ1v) is 6.26. The SMILES string of the molecule is CCNc1cc(OCCCOCCOC)ccn1. The summed E-state index contributed by atoms with van der Waals surface area (Å²) in [5, 5.41) is 3.14. The third-order valence-electron chi connectivity index (χ3n) is 2.22. The summed E-state index contributed by atoms with van der Waals surface area (Å²) in [5.41, 5.74) is 0. The predicted octanol–water partition coefficient (Wildman–Crippen LogP) is 1.95. The van der Waals surface area contributed by atoms with Crippen molar-refractivity contribution in [1.29, 1.82) is 0 Å². The van der Waals surface area contributed by atoms with E-state index < -0.39 is 0 Å². The quantitative estimate of drug-likeness (QED) is 0.647. The highest BCUT2D eigenvalue weighted by atomic mass is 16.5. The number of nitrogens with zero attached hydrogens (tertiary/aromatic N) is 1. The van der Waals surface area contributed by atoms with Crippen LogP contribution in [0.4, 0.5) is 5.82 Å². The van der Waals surface area contributed by atoms with Crippen molar-refractivity contribution < 1.29 is 14.2 Å². The van der Waals surface area contributed by atoms with Crippen LogP contribution in [-0.2, 0) is 9.47 Å². The highest BCUT2D eigenvalue weighted by molar-refractivity contribution is 5.40. The summed E-state index contributed by atoms with van der Waals surface area (Å²) in [4.78, 5) is 4.18. The standard InChI is InChI=1S/C13H22N2O3/c1-3-14-13-11-12(5-6-15-13)18-8-4-7-17-10-9-16-2/h5-6,11H,3-4,7-10H2,1-2H3,(H,14,15). The fourth-order valence-electron chi connectivity index (χ4n) is 1.37. The number of anilines is 1. The molecule has 1 aromatic rings. The van der Waals surface area contributed by atoms with Crippen LogP contribution in [0.1, 0.15) is 13.3 Å². The van der Waals surface area contributed by atoms with Crippen LogP contribution in [0.5, 0.6) is 5.75 Å². The molecule has 1 rings (SSSR count). The lowest BCUT2D eigenvalue weighted by Crippen LogP contribution is -2.07. The summed E-state index contributed by atoms with van der Waals surface area (Å²) in [6.45, 7) is 5.49. The topological polar surface area (TPSA) is 52.6 Å². The second kappa shape index (κ2) is 9.67. The van der Waals surface area contributed by atoms with E-state index in [1.54, 1.807) is 13.3 Å². The van der Waals surface area contributed by atoms with E-state index in [-0.39, 0.29) is 0 Å². The average Bonchev–Trinajstić information content (AvgIpc) is 2.39. The van der Waals surface area contributed by atoms with E-state index >= 15 is 0 Å². The molecule has 0 unspecified atom stereocenters. The second-order valence-corrected chi connectivity index (χ2v) is 3.71. The number of methoxy groups -OCH3 is 1. The molecule has 0 radical (unpaired) electrons. The molecule has 0 saturated heterocycles. The van der Waals surface area contributed by atoms with Gasteiger partial charge in [0.2, 0.25) is 0 Å². The Kier molecular flexibility index (Phi) is 7.92. The van der Waals surface area contributed by atoms with E-state index in [1.807, 2.05) is 19.1 Å². The van der Waals surface area contributed by atoms with Crippen LogP contribution >= 0.6 is 0 Å². The van der Waals surface area contributed by atoms with Gasteiger partial charge in [-0.3, -0.25) is 0 Å². The summed E-state index contributed by atoms with van der Waals surface area (Å²) < 4.78 is 15.8. The Bertz CT molecular complexity index is 321. The summed E-state index contributed by atoms with van der Waals surface area (Å²) >= 11 is 0. The van der Waals surface area contributed by atoms with Gasteiger partial charge in [-0.15, -0.1) is 0 Å². The van der Waals surface area contributed by atoms with Crippen LogP contribution in [0.25, 0.3) is 0 Å². The van der Waals surface area contributed by atoms with Crippen LogP contribution in [0.3, 0.4) is 0 Å². The number of aromatic nitrogens is 1. The highest BCUT2D eigenvalue weighted by Gasteiger charge is 1.97. The number of hydrogen-bond acceptors (Lipinski definition) is 5. The second-order valence-electron chi connectivity index (χ2n) is 3.71. The van der Waals surface area contributed by atoms with E-state index in [4.69, 9.17) is 14.2 Å². The Hall–Kier alpha value is -1.33. The maximum Gasteiger partial charge on any atom is 0.129 e. The van der Waals surface area contributed by atoms with Crippen molar-refractivity contribution in [1.82, 2.24) is 4.98 Å². The summed E-state index contributed by atoms with van der Waals surface area (Å²) in [7, 11) is 1.66. The lowest BCUT2D eigenvalue weighted by molar-refractivity contribution is 0.0644. The molecule has 5 nitrogen and oxygen atoms in total. The third-order valence-corrected chi connectivity index (χ3v) is 2.22. The molecule has 0 aromatic carbocycles. The van der Waals surface area contributed by atoms with E-state index in [1.165, 1.54) is 0 Å². The average molecular weight is 254 g/mol. The van der Waals surface area contributed by atoms with Crippen molar-refractivity contribution in [3.8, 4) is 5.75 Å². The Balaban J connectivity index is 2.13. The van der Waals surface area contributed by atoms with Gasteiger partial charge in [-0.05, 0) is 13.0 Å². The van der Waals surface area contributed by atoms with Crippen LogP contribution in [0.15, 0.2) is 18.3 Å². The molecule has 102 valence electrons. The maximum absolute atomic E-state index is 5.61. The Labute approximate surface area is 108 Å². The highest BCUT2D eigenvalue weighted by Crippen LogP contribution is 2.14. The Morgan fingerprint density at radius 1 is 1.22 bits per heavy atom. The molecule has 0 saturated carbocycles. The van der Waals surface area contributed by atoms with Crippen LogP contribution in [0, 0.1) is 0 Å². The fraction of sp³-hybridized carbons (Fsp3) is 0.615. The zero-order valence-corrected chi connectivity index (χ0v) is 11.1. The molecule has 0 atom stereocenters. The monoisotopic (exact) mass is 254 g/mol. The van der Waals surface area contributed by atoms with Gasteiger partial charge in [0.25, 0.3) is 0 Å². The molecule has 5 heteroatoms. The minimum absolute atomic E-state index is 0.635. The number of nitrogens with one attached hydrogen (secondary N) is 1. The Morgan fingerprint density at radius 3 is 2.89 bits per heavy atom. The van der Waals surface area contributed by atoms with Crippen LogP contribution in [-0.4, -0.2) is 45.1 Å². The molecular formula is C13H22N2O3. The lowest BCUT2D eigenvalue weighted by atomic mass is 10.4. The van der Waals surface area contributed by atoms with E-state index in [0.29, 0.717) is 26.4 Å². The van der Waals surface area contributed by atoms with Gasteiger partial charge in [0.1, 0.15) is 11.6 Å². The summed E-state index contributed by atoms with van der Waals surface area (Å²) in [6, 6.07) is 3.75. The molecule has 1 aromatic heterocycles. The predicted molar refractivity (Wildman–Crippen MR) is 71.2 cm³/mol. The van der Waals surface area contributed by atoms with Gasteiger partial charge in [0.15, 0.2) is 0 Å². The van der Waals surface area contributed by atoms with Gasteiger partial charge >= 0.3 is 0 Å². The van der Waals surface area contributed by atoms with E-state index in [2.05, 4.69) is 10.3 Å². The van der Waals surface area contributed by atoms with Gasteiger partial charge in [-0.1, -0.05) is 0 Å². The molecular weight excluding hydrogens is 232 g/mol. The van der Waals surface area contributed by atoms with Gasteiger partial charge in [-0.25, -0.2) is 4.98 Å². The molecule has 0 amide bonds. The first-order valence-electron chi connectivity index (χ1n) is 6.26. The molecule has 0 fully saturated rings. The van der Waals surface area contributed by atoms with Crippen molar-refractivity contribution >= 4 is 5.82 Å². The summed E-state index contributed by atoms with van der Waals surface area (Å²) in [5.74, 6) is 1.67. The first kappa shape index (κ1) is 14.7. The lowest BCUT2D eigenvalue weighted by Gasteiger charge is -2.08. The molecule has 18 heavy (non-hydrogen) atoms. The molecule has 0 spiro atoms. The summed E-state index contributed by atoms with van der Waals surface area (Å²) in [6.07, 6.45) is 2.60. The number of ether oxygens (including phenoxy) is 3. The third kappa shape index (κ3) is 6.42. The minimum atomic E-state index is 0.635. The van der Waals surface area contributed by atoms with Gasteiger partial charge in [-0.2, -0.15) is 0 Å². The molecule has 0 bridgehead atoms. The number of hydrogen-bond donors (Lipinski definition) is 1. The van der Waals surface area contributed by atoms with Gasteiger partial charge < -0.3 is 19.5 Å².